The second kappa shape index (κ2) is 13.4. The van der Waals surface area contributed by atoms with Crippen molar-refractivity contribution in [1.29, 1.82) is 0 Å². The van der Waals surface area contributed by atoms with Crippen LogP contribution in [0.25, 0.3) is 0 Å². The maximum atomic E-state index is 13.3. The SMILES string of the molecule is CC1CCC(CCC2CCN(C(=O)OC(C)(C)C)C(C(=O)/N=C/C(CO)Cc3ccccc3)C2)CC1. The van der Waals surface area contributed by atoms with Gasteiger partial charge in [-0.05, 0) is 63.4 Å². The first kappa shape index (κ1) is 28.4. The van der Waals surface area contributed by atoms with Crippen molar-refractivity contribution < 1.29 is 19.4 Å². The molecule has 0 bridgehead atoms. The molecular weight excluding hydrogens is 452 g/mol. The van der Waals surface area contributed by atoms with E-state index in [1.54, 1.807) is 11.1 Å². The average molecular weight is 499 g/mol. The first-order valence-corrected chi connectivity index (χ1v) is 13.9. The Labute approximate surface area is 217 Å². The summed E-state index contributed by atoms with van der Waals surface area (Å²) < 4.78 is 5.63. The largest absolute Gasteiger partial charge is 0.444 e. The number of nitrogens with zero attached hydrogens (tertiary/aromatic N) is 2. The summed E-state index contributed by atoms with van der Waals surface area (Å²) in [6, 6.07) is 9.26. The fourth-order valence-electron chi connectivity index (χ4n) is 5.51. The van der Waals surface area contributed by atoms with E-state index < -0.39 is 17.7 Å². The maximum Gasteiger partial charge on any atom is 0.410 e. The van der Waals surface area contributed by atoms with Gasteiger partial charge in [-0.3, -0.25) is 9.69 Å². The highest BCUT2D eigenvalue weighted by Gasteiger charge is 2.38. The molecule has 1 saturated heterocycles. The zero-order chi connectivity index (χ0) is 26.1. The van der Waals surface area contributed by atoms with E-state index in [1.807, 2.05) is 51.1 Å². The summed E-state index contributed by atoms with van der Waals surface area (Å²) in [5, 5.41) is 9.84. The molecule has 36 heavy (non-hydrogen) atoms. The summed E-state index contributed by atoms with van der Waals surface area (Å²) in [6.07, 6.45) is 10.8. The van der Waals surface area contributed by atoms with Gasteiger partial charge in [0.05, 0.1) is 6.61 Å². The lowest BCUT2D eigenvalue weighted by Gasteiger charge is -2.39. The number of ether oxygens (including phenoxy) is 1. The molecule has 1 aliphatic carbocycles. The number of piperidine rings is 1. The third-order valence-electron chi connectivity index (χ3n) is 7.73. The Hall–Kier alpha value is -2.21. The Kier molecular flexibility index (Phi) is 10.5. The van der Waals surface area contributed by atoms with Crippen molar-refractivity contribution >= 4 is 18.2 Å². The van der Waals surface area contributed by atoms with Gasteiger partial charge in [0.1, 0.15) is 11.6 Å². The fourth-order valence-corrected chi connectivity index (χ4v) is 5.51. The highest BCUT2D eigenvalue weighted by Crippen LogP contribution is 2.35. The zero-order valence-electron chi connectivity index (χ0n) is 22.7. The number of rotatable bonds is 8. The molecule has 1 heterocycles. The van der Waals surface area contributed by atoms with Gasteiger partial charge in [0.25, 0.3) is 5.91 Å². The summed E-state index contributed by atoms with van der Waals surface area (Å²) in [7, 11) is 0. The van der Waals surface area contributed by atoms with Crippen molar-refractivity contribution in [2.75, 3.05) is 13.2 Å². The Balaban J connectivity index is 1.65. The minimum atomic E-state index is -0.624. The van der Waals surface area contributed by atoms with Crippen LogP contribution in [0.5, 0.6) is 0 Å². The monoisotopic (exact) mass is 498 g/mol. The normalized spacial score (nSPS) is 26.1. The molecule has 6 nitrogen and oxygen atoms in total. The Bertz CT molecular complexity index is 855. The summed E-state index contributed by atoms with van der Waals surface area (Å²) in [4.78, 5) is 32.1. The molecule has 0 aromatic heterocycles. The van der Waals surface area contributed by atoms with Crippen LogP contribution in [0.15, 0.2) is 35.3 Å². The molecule has 2 amide bonds. The molecule has 200 valence electrons. The van der Waals surface area contributed by atoms with E-state index in [9.17, 15) is 14.7 Å². The topological polar surface area (TPSA) is 79.2 Å². The maximum absolute atomic E-state index is 13.3. The predicted molar refractivity (Wildman–Crippen MR) is 144 cm³/mol. The minimum absolute atomic E-state index is 0.0885. The molecule has 1 N–H and O–H groups in total. The molecule has 1 aliphatic heterocycles. The summed E-state index contributed by atoms with van der Waals surface area (Å²) >= 11 is 0. The number of benzene rings is 1. The van der Waals surface area contributed by atoms with E-state index in [2.05, 4.69) is 11.9 Å². The van der Waals surface area contributed by atoms with Gasteiger partial charge in [0.2, 0.25) is 0 Å². The van der Waals surface area contributed by atoms with Crippen LogP contribution in [0, 0.1) is 23.7 Å². The van der Waals surface area contributed by atoms with Gasteiger partial charge >= 0.3 is 6.09 Å². The van der Waals surface area contributed by atoms with Gasteiger partial charge in [-0.2, -0.15) is 0 Å². The van der Waals surface area contributed by atoms with Crippen molar-refractivity contribution in [3.8, 4) is 0 Å². The number of carbonyl (C=O) groups excluding carboxylic acids is 2. The molecule has 0 radical (unpaired) electrons. The lowest BCUT2D eigenvalue weighted by atomic mass is 9.78. The average Bonchev–Trinajstić information content (AvgIpc) is 2.85. The van der Waals surface area contributed by atoms with Crippen molar-refractivity contribution in [1.82, 2.24) is 4.90 Å². The molecule has 3 unspecified atom stereocenters. The van der Waals surface area contributed by atoms with Crippen molar-refractivity contribution in [2.45, 2.75) is 97.1 Å². The van der Waals surface area contributed by atoms with Crippen molar-refractivity contribution in [3.63, 3.8) is 0 Å². The molecule has 1 aromatic rings. The van der Waals surface area contributed by atoms with Gasteiger partial charge in [-0.15, -0.1) is 0 Å². The Morgan fingerprint density at radius 2 is 1.75 bits per heavy atom. The minimum Gasteiger partial charge on any atom is -0.444 e. The standard InChI is InChI=1S/C30H46N2O4/c1-22-10-12-23(13-11-22)14-15-25-16-17-32(29(35)36-30(2,3)4)27(19-25)28(34)31-20-26(21-33)18-24-8-6-5-7-9-24/h5-9,20,22-23,25-27,33H,10-19,21H2,1-4H3/b31-20+. The van der Waals surface area contributed by atoms with Crippen LogP contribution in [0.2, 0.25) is 0 Å². The van der Waals surface area contributed by atoms with Gasteiger partial charge in [-0.1, -0.05) is 75.8 Å². The Morgan fingerprint density at radius 3 is 2.39 bits per heavy atom. The quantitative estimate of drug-likeness (QED) is 0.442. The van der Waals surface area contributed by atoms with Crippen LogP contribution in [0.4, 0.5) is 4.79 Å². The molecule has 1 aromatic carbocycles. The van der Waals surface area contributed by atoms with Crippen molar-refractivity contribution in [2.24, 2.45) is 28.7 Å². The zero-order valence-corrected chi connectivity index (χ0v) is 22.7. The molecule has 2 fully saturated rings. The smallest absolute Gasteiger partial charge is 0.410 e. The lowest BCUT2D eigenvalue weighted by molar-refractivity contribution is -0.125. The van der Waals surface area contributed by atoms with Gasteiger partial charge < -0.3 is 9.84 Å². The van der Waals surface area contributed by atoms with Gasteiger partial charge in [0, 0.05) is 18.7 Å². The third kappa shape index (κ3) is 9.02. The summed E-state index contributed by atoms with van der Waals surface area (Å²) in [6.45, 7) is 8.29. The number of hydrogen-bond donors (Lipinski definition) is 1. The van der Waals surface area contributed by atoms with Crippen LogP contribution < -0.4 is 0 Å². The summed E-state index contributed by atoms with van der Waals surface area (Å²) in [5.41, 5.74) is 0.460. The van der Waals surface area contributed by atoms with Gasteiger partial charge in [0.15, 0.2) is 0 Å². The fraction of sp³-hybridized carbons (Fsp3) is 0.700. The van der Waals surface area contributed by atoms with E-state index in [0.29, 0.717) is 25.3 Å². The number of hydrogen-bond acceptors (Lipinski definition) is 4. The highest BCUT2D eigenvalue weighted by molar-refractivity contribution is 5.92. The second-order valence-electron chi connectivity index (χ2n) is 12.0. The van der Waals surface area contributed by atoms with Crippen LogP contribution in [-0.2, 0) is 16.0 Å². The molecule has 3 rings (SSSR count). The van der Waals surface area contributed by atoms with Crippen LogP contribution in [0.1, 0.15) is 84.6 Å². The summed E-state index contributed by atoms with van der Waals surface area (Å²) in [5.74, 6) is 1.48. The van der Waals surface area contributed by atoms with E-state index in [-0.39, 0.29) is 18.4 Å². The number of amides is 2. The molecule has 3 atom stereocenters. The lowest BCUT2D eigenvalue weighted by Crippen LogP contribution is -2.51. The Morgan fingerprint density at radius 1 is 1.08 bits per heavy atom. The van der Waals surface area contributed by atoms with Crippen LogP contribution in [-0.4, -0.2) is 53.0 Å². The third-order valence-corrected chi connectivity index (χ3v) is 7.73. The van der Waals surface area contributed by atoms with E-state index >= 15 is 0 Å². The number of likely N-dealkylation sites (tertiary alicyclic amines) is 1. The number of aliphatic hydroxyl groups excluding tert-OH is 1. The molecule has 0 spiro atoms. The number of carbonyl (C=O) groups is 2. The van der Waals surface area contributed by atoms with E-state index in [1.165, 1.54) is 32.1 Å². The second-order valence-corrected chi connectivity index (χ2v) is 12.0. The molecule has 1 saturated carbocycles. The van der Waals surface area contributed by atoms with E-state index in [4.69, 9.17) is 4.74 Å². The number of aliphatic hydroxyl groups is 1. The van der Waals surface area contributed by atoms with Crippen LogP contribution in [0.3, 0.4) is 0 Å². The first-order valence-electron chi connectivity index (χ1n) is 13.9. The van der Waals surface area contributed by atoms with E-state index in [0.717, 1.165) is 30.2 Å². The predicted octanol–water partition coefficient (Wildman–Crippen LogP) is 6.06. The first-order chi connectivity index (χ1) is 17.1. The molecule has 2 aliphatic rings. The highest BCUT2D eigenvalue weighted by atomic mass is 16.6. The molecule has 6 heteroatoms. The van der Waals surface area contributed by atoms with Crippen molar-refractivity contribution in [3.05, 3.63) is 35.9 Å². The van der Waals surface area contributed by atoms with Crippen LogP contribution >= 0.6 is 0 Å². The van der Waals surface area contributed by atoms with Gasteiger partial charge in [-0.25, -0.2) is 9.79 Å². The number of aliphatic imine (C=N–C) groups is 1. The molecular formula is C30H46N2O4.